The van der Waals surface area contributed by atoms with E-state index in [0.29, 0.717) is 6.10 Å². The fourth-order valence-electron chi connectivity index (χ4n) is 3.74. The van der Waals surface area contributed by atoms with Crippen molar-refractivity contribution in [1.29, 1.82) is 0 Å². The maximum absolute atomic E-state index is 5.56. The van der Waals surface area contributed by atoms with Crippen molar-refractivity contribution >= 4 is 0 Å². The molecule has 2 fully saturated rings. The highest BCUT2D eigenvalue weighted by atomic mass is 16.5. The third-order valence-electron chi connectivity index (χ3n) is 4.86. The molecule has 1 unspecified atom stereocenters. The van der Waals surface area contributed by atoms with Crippen LogP contribution < -0.4 is 5.32 Å². The zero-order valence-electron chi connectivity index (χ0n) is 11.6. The molecule has 1 N–H and O–H groups in total. The molecule has 0 aromatic carbocycles. The van der Waals surface area contributed by atoms with Gasteiger partial charge in [-0.25, -0.2) is 0 Å². The Morgan fingerprint density at radius 1 is 1.18 bits per heavy atom. The standard InChI is InChI=1S/C15H29NO/c1-3-17-13(2)12-16-14-6-10-15(11-7-14)8-4-5-9-15/h13-14,16H,3-12H2,1-2H3. The second-order valence-electron chi connectivity index (χ2n) is 6.16. The van der Waals surface area contributed by atoms with E-state index in [-0.39, 0.29) is 0 Å². The first kappa shape index (κ1) is 13.4. The summed E-state index contributed by atoms with van der Waals surface area (Å²) in [6.07, 6.45) is 12.1. The first-order valence-electron chi connectivity index (χ1n) is 7.59. The van der Waals surface area contributed by atoms with Crippen molar-refractivity contribution in [3.05, 3.63) is 0 Å². The van der Waals surface area contributed by atoms with Crippen molar-refractivity contribution in [1.82, 2.24) is 5.32 Å². The summed E-state index contributed by atoms with van der Waals surface area (Å²) in [4.78, 5) is 0. The monoisotopic (exact) mass is 239 g/mol. The second kappa shape index (κ2) is 6.19. The topological polar surface area (TPSA) is 21.3 Å². The van der Waals surface area contributed by atoms with Crippen molar-refractivity contribution in [3.63, 3.8) is 0 Å². The molecule has 17 heavy (non-hydrogen) atoms. The van der Waals surface area contributed by atoms with Gasteiger partial charge in [-0.05, 0) is 57.8 Å². The SMILES string of the molecule is CCOC(C)CNC1CCC2(CCCC2)CC1. The molecule has 2 rings (SSSR count). The van der Waals surface area contributed by atoms with Gasteiger partial charge >= 0.3 is 0 Å². The van der Waals surface area contributed by atoms with E-state index in [2.05, 4.69) is 19.2 Å². The molecule has 0 aromatic heterocycles. The smallest absolute Gasteiger partial charge is 0.0671 e. The van der Waals surface area contributed by atoms with E-state index in [1.165, 1.54) is 51.4 Å². The summed E-state index contributed by atoms with van der Waals surface area (Å²) >= 11 is 0. The van der Waals surface area contributed by atoms with Crippen LogP contribution in [0.4, 0.5) is 0 Å². The van der Waals surface area contributed by atoms with Gasteiger partial charge in [-0.15, -0.1) is 0 Å². The molecule has 2 heteroatoms. The predicted molar refractivity (Wildman–Crippen MR) is 72.2 cm³/mol. The van der Waals surface area contributed by atoms with E-state index >= 15 is 0 Å². The molecule has 2 nitrogen and oxygen atoms in total. The molecule has 100 valence electrons. The zero-order valence-corrected chi connectivity index (χ0v) is 11.6. The summed E-state index contributed by atoms with van der Waals surface area (Å²) in [7, 11) is 0. The lowest BCUT2D eigenvalue weighted by Crippen LogP contribution is -2.40. The van der Waals surface area contributed by atoms with Gasteiger partial charge in [-0.2, -0.15) is 0 Å². The van der Waals surface area contributed by atoms with Crippen LogP contribution in [0, 0.1) is 5.41 Å². The molecule has 0 aliphatic heterocycles. The van der Waals surface area contributed by atoms with Crippen LogP contribution in [0.1, 0.15) is 65.2 Å². The molecule has 0 heterocycles. The largest absolute Gasteiger partial charge is 0.377 e. The molecule has 0 amide bonds. The normalized spacial score (nSPS) is 26.5. The van der Waals surface area contributed by atoms with Crippen LogP contribution in [0.25, 0.3) is 0 Å². The maximum atomic E-state index is 5.56. The lowest BCUT2D eigenvalue weighted by molar-refractivity contribution is 0.0697. The van der Waals surface area contributed by atoms with Crippen molar-refractivity contribution in [3.8, 4) is 0 Å². The highest BCUT2D eigenvalue weighted by Crippen LogP contribution is 2.48. The summed E-state index contributed by atoms with van der Waals surface area (Å²) in [6, 6.07) is 0.754. The van der Waals surface area contributed by atoms with E-state index in [4.69, 9.17) is 4.74 Å². The maximum Gasteiger partial charge on any atom is 0.0671 e. The Morgan fingerprint density at radius 2 is 1.82 bits per heavy atom. The molecule has 2 aliphatic carbocycles. The van der Waals surface area contributed by atoms with Crippen molar-refractivity contribution in [2.45, 2.75) is 77.4 Å². The predicted octanol–water partition coefficient (Wildman–Crippen LogP) is 3.50. The fourth-order valence-corrected chi connectivity index (χ4v) is 3.74. The minimum atomic E-state index is 0.363. The number of rotatable bonds is 5. The highest BCUT2D eigenvalue weighted by molar-refractivity contribution is 4.91. The lowest BCUT2D eigenvalue weighted by atomic mass is 9.71. The summed E-state index contributed by atoms with van der Waals surface area (Å²) in [5.41, 5.74) is 0.768. The Labute approximate surface area is 107 Å². The van der Waals surface area contributed by atoms with Gasteiger partial charge < -0.3 is 10.1 Å². The minimum absolute atomic E-state index is 0.363. The van der Waals surface area contributed by atoms with E-state index in [1.54, 1.807) is 0 Å². The van der Waals surface area contributed by atoms with Gasteiger partial charge in [0, 0.05) is 19.2 Å². The Morgan fingerprint density at radius 3 is 2.41 bits per heavy atom. The van der Waals surface area contributed by atoms with Crippen LogP contribution in [0.2, 0.25) is 0 Å². The first-order valence-corrected chi connectivity index (χ1v) is 7.59. The molecular formula is C15H29NO. The van der Waals surface area contributed by atoms with Crippen molar-refractivity contribution < 1.29 is 4.74 Å². The van der Waals surface area contributed by atoms with Crippen LogP contribution in [0.3, 0.4) is 0 Å². The summed E-state index contributed by atoms with van der Waals surface area (Å²) in [5.74, 6) is 0. The third-order valence-corrected chi connectivity index (χ3v) is 4.86. The molecule has 1 spiro atoms. The van der Waals surface area contributed by atoms with Gasteiger partial charge in [0.05, 0.1) is 6.10 Å². The molecule has 2 aliphatic rings. The van der Waals surface area contributed by atoms with E-state index in [1.807, 2.05) is 0 Å². The molecular weight excluding hydrogens is 210 g/mol. The summed E-state index contributed by atoms with van der Waals surface area (Å²) in [6.45, 7) is 6.08. The molecule has 0 radical (unpaired) electrons. The van der Waals surface area contributed by atoms with Gasteiger partial charge in [-0.1, -0.05) is 12.8 Å². The Bertz CT molecular complexity index is 213. The molecule has 2 saturated carbocycles. The minimum Gasteiger partial charge on any atom is -0.377 e. The van der Waals surface area contributed by atoms with Gasteiger partial charge in [0.2, 0.25) is 0 Å². The molecule has 0 bridgehead atoms. The van der Waals surface area contributed by atoms with Gasteiger partial charge in [0.15, 0.2) is 0 Å². The van der Waals surface area contributed by atoms with Crippen LogP contribution >= 0.6 is 0 Å². The molecule has 0 saturated heterocycles. The fraction of sp³-hybridized carbons (Fsp3) is 1.00. The van der Waals surface area contributed by atoms with E-state index in [9.17, 15) is 0 Å². The molecule has 0 aromatic rings. The van der Waals surface area contributed by atoms with Crippen LogP contribution in [-0.2, 0) is 4.74 Å². The van der Waals surface area contributed by atoms with E-state index < -0.39 is 0 Å². The number of hydrogen-bond donors (Lipinski definition) is 1. The van der Waals surface area contributed by atoms with Crippen LogP contribution in [0.5, 0.6) is 0 Å². The number of hydrogen-bond acceptors (Lipinski definition) is 2. The quantitative estimate of drug-likeness (QED) is 0.793. The first-order chi connectivity index (χ1) is 8.24. The molecule has 1 atom stereocenters. The van der Waals surface area contributed by atoms with Crippen LogP contribution in [0.15, 0.2) is 0 Å². The third kappa shape index (κ3) is 3.69. The van der Waals surface area contributed by atoms with Crippen molar-refractivity contribution in [2.75, 3.05) is 13.2 Å². The lowest BCUT2D eigenvalue weighted by Gasteiger charge is -2.38. The average molecular weight is 239 g/mol. The Balaban J connectivity index is 1.65. The number of nitrogens with one attached hydrogen (secondary N) is 1. The van der Waals surface area contributed by atoms with E-state index in [0.717, 1.165) is 24.6 Å². The highest BCUT2D eigenvalue weighted by Gasteiger charge is 2.37. The van der Waals surface area contributed by atoms with Gasteiger partial charge in [0.25, 0.3) is 0 Å². The Kier molecular flexibility index (Phi) is 4.87. The summed E-state index contributed by atoms with van der Waals surface area (Å²) < 4.78 is 5.56. The zero-order chi connectivity index (χ0) is 12.1. The number of ether oxygens (including phenoxy) is 1. The summed E-state index contributed by atoms with van der Waals surface area (Å²) in [5, 5.41) is 3.69. The van der Waals surface area contributed by atoms with Gasteiger partial charge in [0.1, 0.15) is 0 Å². The van der Waals surface area contributed by atoms with Crippen molar-refractivity contribution in [2.24, 2.45) is 5.41 Å². The second-order valence-corrected chi connectivity index (χ2v) is 6.16. The van der Waals surface area contributed by atoms with Gasteiger partial charge in [-0.3, -0.25) is 0 Å². The van der Waals surface area contributed by atoms with Crippen LogP contribution in [-0.4, -0.2) is 25.3 Å². The average Bonchev–Trinajstić information content (AvgIpc) is 2.78. The Hall–Kier alpha value is -0.0800.